The molecule has 0 atom stereocenters. The van der Waals surface area contributed by atoms with E-state index in [4.69, 9.17) is 0 Å². The molecule has 62 valence electrons. The van der Waals surface area contributed by atoms with Gasteiger partial charge in [0.05, 0.1) is 4.88 Å². The fourth-order valence-electron chi connectivity index (χ4n) is 0.943. The van der Waals surface area contributed by atoms with Crippen molar-refractivity contribution in [2.75, 3.05) is 0 Å². The Morgan fingerprint density at radius 3 is 3.00 bits per heavy atom. The minimum atomic E-state index is -0.516. The predicted octanol–water partition coefficient (Wildman–Crippen LogP) is 1.40. The van der Waals surface area contributed by atoms with Crippen LogP contribution in [0.2, 0.25) is 0 Å². The third kappa shape index (κ3) is 1.08. The fourth-order valence-corrected chi connectivity index (χ4v) is 1.81. The Bertz CT molecular complexity index is 440. The summed E-state index contributed by atoms with van der Waals surface area (Å²) >= 11 is 1.52. The Balaban J connectivity index is 2.57. The molecule has 0 aromatic carbocycles. The van der Waals surface area contributed by atoms with Crippen LogP contribution >= 0.6 is 11.3 Å². The summed E-state index contributed by atoms with van der Waals surface area (Å²) in [5.41, 5.74) is 1.09. The van der Waals surface area contributed by atoms with Crippen molar-refractivity contribution in [2.45, 2.75) is 6.92 Å². The number of aromatic nitrogens is 2. The van der Waals surface area contributed by atoms with Gasteiger partial charge in [0.15, 0.2) is 5.82 Å². The number of nitrogens with zero attached hydrogens (tertiary/aromatic N) is 1. The maximum atomic E-state index is 10.6. The number of hydrogen-bond donors (Lipinski definition) is 1. The van der Waals surface area contributed by atoms with E-state index in [0.717, 1.165) is 10.4 Å². The molecule has 0 radical (unpaired) electrons. The molecule has 5 heteroatoms. The minimum absolute atomic E-state index is 0.507. The molecule has 0 aliphatic heterocycles. The highest BCUT2D eigenvalue weighted by molar-refractivity contribution is 7.13. The molecule has 0 amide bonds. The molecule has 0 spiro atoms. The van der Waals surface area contributed by atoms with Gasteiger partial charge in [-0.05, 0) is 23.9 Å². The summed E-state index contributed by atoms with van der Waals surface area (Å²) in [5.74, 6) is -0.00898. The zero-order valence-corrected chi connectivity index (χ0v) is 7.14. The number of nitrogens with one attached hydrogen (secondary N) is 1. The molecule has 1 N–H and O–H groups in total. The van der Waals surface area contributed by atoms with E-state index in [-0.39, 0.29) is 0 Å². The number of thiophene rings is 1. The van der Waals surface area contributed by atoms with Gasteiger partial charge in [0, 0.05) is 0 Å². The number of hydrogen-bond acceptors (Lipinski definition) is 4. The van der Waals surface area contributed by atoms with E-state index in [0.29, 0.717) is 5.82 Å². The lowest BCUT2D eigenvalue weighted by Crippen LogP contribution is -1.94. The quantitative estimate of drug-likeness (QED) is 0.725. The van der Waals surface area contributed by atoms with E-state index in [1.54, 1.807) is 0 Å². The Morgan fingerprint density at radius 2 is 2.50 bits per heavy atom. The molecule has 0 aliphatic carbocycles. The van der Waals surface area contributed by atoms with E-state index in [2.05, 4.69) is 14.7 Å². The Morgan fingerprint density at radius 1 is 1.67 bits per heavy atom. The zero-order valence-electron chi connectivity index (χ0n) is 6.33. The SMILES string of the molecule is Cc1ccsc1-c1noc(=O)[nH]1. The summed E-state index contributed by atoms with van der Waals surface area (Å²) in [6.07, 6.45) is 0. The normalized spacial score (nSPS) is 10.4. The molecule has 2 aromatic heterocycles. The average molecular weight is 182 g/mol. The van der Waals surface area contributed by atoms with Gasteiger partial charge in [0.1, 0.15) is 0 Å². The molecule has 2 rings (SSSR count). The molecule has 0 fully saturated rings. The summed E-state index contributed by atoms with van der Waals surface area (Å²) in [6, 6.07) is 1.97. The first-order valence-electron chi connectivity index (χ1n) is 3.38. The van der Waals surface area contributed by atoms with Gasteiger partial charge in [0.25, 0.3) is 0 Å². The first-order valence-corrected chi connectivity index (χ1v) is 4.26. The first-order chi connectivity index (χ1) is 5.77. The number of aromatic amines is 1. The molecule has 12 heavy (non-hydrogen) atoms. The summed E-state index contributed by atoms with van der Waals surface area (Å²) < 4.78 is 4.39. The maximum absolute atomic E-state index is 10.6. The number of rotatable bonds is 1. The van der Waals surface area contributed by atoms with Crippen LogP contribution in [0.5, 0.6) is 0 Å². The summed E-state index contributed by atoms with van der Waals surface area (Å²) in [4.78, 5) is 14.1. The molecule has 0 bridgehead atoms. The maximum Gasteiger partial charge on any atom is 0.439 e. The van der Waals surface area contributed by atoms with Crippen LogP contribution < -0.4 is 5.76 Å². The van der Waals surface area contributed by atoms with Crippen LogP contribution in [-0.2, 0) is 0 Å². The lowest BCUT2D eigenvalue weighted by atomic mass is 10.3. The summed E-state index contributed by atoms with van der Waals surface area (Å²) in [5, 5.41) is 5.53. The van der Waals surface area contributed by atoms with E-state index in [1.807, 2.05) is 18.4 Å². The second kappa shape index (κ2) is 2.60. The molecule has 0 saturated heterocycles. The molecule has 4 nitrogen and oxygen atoms in total. The van der Waals surface area contributed by atoms with Crippen molar-refractivity contribution < 1.29 is 4.52 Å². The Kier molecular flexibility index (Phi) is 1.58. The second-order valence-corrected chi connectivity index (χ2v) is 3.29. The van der Waals surface area contributed by atoms with Gasteiger partial charge in [-0.2, -0.15) is 0 Å². The lowest BCUT2D eigenvalue weighted by Gasteiger charge is -1.88. The fraction of sp³-hybridized carbons (Fsp3) is 0.143. The summed E-state index contributed by atoms with van der Waals surface area (Å²) in [7, 11) is 0. The average Bonchev–Trinajstić information content (AvgIpc) is 2.58. The van der Waals surface area contributed by atoms with E-state index >= 15 is 0 Å². The van der Waals surface area contributed by atoms with Crippen molar-refractivity contribution in [3.8, 4) is 10.7 Å². The summed E-state index contributed by atoms with van der Waals surface area (Å²) in [6.45, 7) is 1.96. The van der Waals surface area contributed by atoms with E-state index < -0.39 is 5.76 Å². The lowest BCUT2D eigenvalue weighted by molar-refractivity contribution is 0.388. The van der Waals surface area contributed by atoms with Gasteiger partial charge in [-0.1, -0.05) is 5.16 Å². The van der Waals surface area contributed by atoms with E-state index in [9.17, 15) is 4.79 Å². The van der Waals surface area contributed by atoms with Gasteiger partial charge in [0.2, 0.25) is 0 Å². The Labute approximate surface area is 71.8 Å². The van der Waals surface area contributed by atoms with Gasteiger partial charge in [-0.3, -0.25) is 9.51 Å². The van der Waals surface area contributed by atoms with Crippen LogP contribution in [0.4, 0.5) is 0 Å². The first kappa shape index (κ1) is 7.30. The van der Waals surface area contributed by atoms with Crippen molar-refractivity contribution >= 4 is 11.3 Å². The molecular weight excluding hydrogens is 176 g/mol. The third-order valence-electron chi connectivity index (χ3n) is 1.52. The molecular formula is C7H6N2O2S. The largest absolute Gasteiger partial charge is 0.439 e. The van der Waals surface area contributed by atoms with Gasteiger partial charge in [-0.25, -0.2) is 4.79 Å². The minimum Gasteiger partial charge on any atom is -0.296 e. The molecule has 0 saturated carbocycles. The molecule has 0 aliphatic rings. The van der Waals surface area contributed by atoms with Crippen LogP contribution in [-0.4, -0.2) is 10.1 Å². The van der Waals surface area contributed by atoms with Gasteiger partial charge >= 0.3 is 5.76 Å². The monoisotopic (exact) mass is 182 g/mol. The highest BCUT2D eigenvalue weighted by atomic mass is 32.1. The number of H-pyrrole nitrogens is 1. The van der Waals surface area contributed by atoms with Gasteiger partial charge < -0.3 is 0 Å². The van der Waals surface area contributed by atoms with Crippen LogP contribution in [0.1, 0.15) is 5.56 Å². The van der Waals surface area contributed by atoms with Crippen molar-refractivity contribution in [3.63, 3.8) is 0 Å². The molecule has 0 unspecified atom stereocenters. The molecule has 2 heterocycles. The zero-order chi connectivity index (χ0) is 8.55. The van der Waals surface area contributed by atoms with Gasteiger partial charge in [-0.15, -0.1) is 11.3 Å². The molecule has 2 aromatic rings. The van der Waals surface area contributed by atoms with E-state index in [1.165, 1.54) is 11.3 Å². The predicted molar refractivity (Wildman–Crippen MR) is 45.2 cm³/mol. The van der Waals surface area contributed by atoms with Crippen molar-refractivity contribution in [1.82, 2.24) is 10.1 Å². The third-order valence-corrected chi connectivity index (χ3v) is 2.54. The van der Waals surface area contributed by atoms with Crippen LogP contribution in [0, 0.1) is 6.92 Å². The van der Waals surface area contributed by atoms with Crippen LogP contribution in [0.3, 0.4) is 0 Å². The number of aryl methyl sites for hydroxylation is 1. The standard InChI is InChI=1S/C7H6N2O2S/c1-4-2-3-12-5(4)6-8-7(10)11-9-6/h2-3H,1H3,(H,8,9,10). The smallest absolute Gasteiger partial charge is 0.296 e. The Hall–Kier alpha value is -1.36. The topological polar surface area (TPSA) is 58.9 Å². The highest BCUT2D eigenvalue weighted by Crippen LogP contribution is 2.24. The second-order valence-electron chi connectivity index (χ2n) is 2.38. The van der Waals surface area contributed by atoms with Crippen molar-refractivity contribution in [1.29, 1.82) is 0 Å². The van der Waals surface area contributed by atoms with Crippen LogP contribution in [0.25, 0.3) is 10.7 Å². The van der Waals surface area contributed by atoms with Crippen molar-refractivity contribution in [3.05, 3.63) is 27.6 Å². The van der Waals surface area contributed by atoms with Crippen molar-refractivity contribution in [2.24, 2.45) is 0 Å². The van der Waals surface area contributed by atoms with Crippen LogP contribution in [0.15, 0.2) is 20.8 Å². The highest BCUT2D eigenvalue weighted by Gasteiger charge is 2.07.